The van der Waals surface area contributed by atoms with Gasteiger partial charge in [0, 0.05) is 0 Å². The third-order valence-electron chi connectivity index (χ3n) is 5.34. The van der Waals surface area contributed by atoms with Crippen LogP contribution < -0.4 is 0 Å². The van der Waals surface area contributed by atoms with Crippen LogP contribution in [0.25, 0.3) is 0 Å². The molecule has 26 heavy (non-hydrogen) atoms. The molecule has 0 spiro atoms. The predicted molar refractivity (Wildman–Crippen MR) is 105 cm³/mol. The fraction of sp³-hybridized carbons (Fsp3) is 0.750. The van der Waals surface area contributed by atoms with Crippen molar-refractivity contribution in [1.82, 2.24) is 0 Å². The van der Waals surface area contributed by atoms with Gasteiger partial charge in [0.2, 0.25) is 0 Å². The maximum absolute atomic E-state index is 12.2. The highest BCUT2D eigenvalue weighted by atomic mass is 35.5. The van der Waals surface area contributed by atoms with Gasteiger partial charge in [-0.15, -0.1) is 23.2 Å². The number of carboxylic acid groups (broad SMARTS) is 2. The van der Waals surface area contributed by atoms with Crippen LogP contribution in [0.4, 0.5) is 0 Å². The van der Waals surface area contributed by atoms with E-state index in [1.165, 1.54) is 0 Å². The Balaban J connectivity index is 2.76. The molecule has 0 aromatic rings. The minimum Gasteiger partial charge on any atom is -0.481 e. The molecule has 2 N–H and O–H groups in total. The van der Waals surface area contributed by atoms with Crippen LogP contribution in [0.1, 0.15) is 38.5 Å². The summed E-state index contributed by atoms with van der Waals surface area (Å²) in [5.74, 6) is -6.71. The summed E-state index contributed by atoms with van der Waals surface area (Å²) in [6.07, 6.45) is 4.62. The van der Waals surface area contributed by atoms with Crippen molar-refractivity contribution < 1.29 is 19.8 Å². The molecular weight excluding hydrogens is 469 g/mol. The lowest BCUT2D eigenvalue weighted by molar-refractivity contribution is -0.156. The van der Waals surface area contributed by atoms with Crippen LogP contribution in [0, 0.1) is 17.8 Å². The van der Waals surface area contributed by atoms with Crippen molar-refractivity contribution in [1.29, 1.82) is 0 Å². The second-order valence-electron chi connectivity index (χ2n) is 6.77. The first kappa shape index (κ1) is 22.7. The molecule has 148 valence electrons. The SMILES string of the molecule is O=C(O)C1C(Cl)C(Cl)=C(Cl)C(Cl)(Cl)C(Cl)(C2CCCCCC2)C1C(=O)O. The molecule has 0 bridgehead atoms. The number of hydrogen-bond donors (Lipinski definition) is 2. The van der Waals surface area contributed by atoms with E-state index in [1.807, 2.05) is 0 Å². The molecule has 10 heteroatoms. The minimum atomic E-state index is -2.11. The number of alkyl halides is 4. The molecule has 4 unspecified atom stereocenters. The minimum absolute atomic E-state index is 0.298. The lowest BCUT2D eigenvalue weighted by Crippen LogP contribution is -2.58. The number of hydrogen-bond acceptors (Lipinski definition) is 2. The summed E-state index contributed by atoms with van der Waals surface area (Å²) in [6, 6.07) is 0. The van der Waals surface area contributed by atoms with Gasteiger partial charge in [-0.25, -0.2) is 0 Å². The van der Waals surface area contributed by atoms with Gasteiger partial charge in [-0.1, -0.05) is 72.1 Å². The Hall–Kier alpha value is 0.420. The van der Waals surface area contributed by atoms with Crippen LogP contribution in [-0.2, 0) is 9.59 Å². The van der Waals surface area contributed by atoms with Crippen molar-refractivity contribution in [2.24, 2.45) is 17.8 Å². The summed E-state index contributed by atoms with van der Waals surface area (Å²) in [7, 11) is 0. The Morgan fingerprint density at radius 2 is 1.42 bits per heavy atom. The highest BCUT2D eigenvalue weighted by molar-refractivity contribution is 6.62. The monoisotopic (exact) mass is 484 g/mol. The molecule has 2 rings (SSSR count). The molecule has 0 aromatic carbocycles. The van der Waals surface area contributed by atoms with Gasteiger partial charge < -0.3 is 10.2 Å². The van der Waals surface area contributed by atoms with Gasteiger partial charge in [0.05, 0.1) is 32.2 Å². The fourth-order valence-electron chi connectivity index (χ4n) is 4.03. The van der Waals surface area contributed by atoms with Crippen LogP contribution >= 0.6 is 69.6 Å². The molecule has 0 amide bonds. The number of carboxylic acids is 2. The molecule has 4 nitrogen and oxygen atoms in total. The van der Waals surface area contributed by atoms with E-state index in [-0.39, 0.29) is 10.1 Å². The van der Waals surface area contributed by atoms with Crippen LogP contribution in [0.5, 0.6) is 0 Å². The van der Waals surface area contributed by atoms with Crippen molar-refractivity contribution in [3.63, 3.8) is 0 Å². The molecule has 0 aromatic heterocycles. The lowest BCUT2D eigenvalue weighted by Gasteiger charge is -2.47. The third-order valence-corrected chi connectivity index (χ3v) is 9.16. The summed E-state index contributed by atoms with van der Waals surface area (Å²) >= 11 is 38.6. The molecule has 1 fully saturated rings. The Labute approximate surface area is 181 Å². The predicted octanol–water partition coefficient (Wildman–Crippen LogP) is 5.82. The average Bonchev–Trinajstić information content (AvgIpc) is 2.86. The molecular formula is C16H18Cl6O4. The van der Waals surface area contributed by atoms with E-state index < -0.39 is 44.3 Å². The third kappa shape index (κ3) is 3.67. The Morgan fingerprint density at radius 1 is 0.923 bits per heavy atom. The second-order valence-corrected chi connectivity index (χ2v) is 9.98. The zero-order valence-electron chi connectivity index (χ0n) is 13.5. The van der Waals surface area contributed by atoms with Crippen molar-refractivity contribution in [3.8, 4) is 0 Å². The summed E-state index contributed by atoms with van der Waals surface area (Å²) in [5.41, 5.74) is 0. The zero-order chi connectivity index (χ0) is 19.9. The highest BCUT2D eigenvalue weighted by Crippen LogP contribution is 2.62. The molecule has 0 saturated heterocycles. The molecule has 0 aliphatic heterocycles. The van der Waals surface area contributed by atoms with E-state index >= 15 is 0 Å². The first-order valence-electron chi connectivity index (χ1n) is 8.20. The summed E-state index contributed by atoms with van der Waals surface area (Å²) in [6.45, 7) is 0. The molecule has 4 atom stereocenters. The number of rotatable bonds is 3. The van der Waals surface area contributed by atoms with Crippen LogP contribution in [-0.4, -0.2) is 36.7 Å². The van der Waals surface area contributed by atoms with Gasteiger partial charge in [-0.05, 0) is 18.8 Å². The average molecular weight is 487 g/mol. The van der Waals surface area contributed by atoms with Crippen molar-refractivity contribution >= 4 is 81.5 Å². The van der Waals surface area contributed by atoms with Gasteiger partial charge in [-0.2, -0.15) is 0 Å². The van der Waals surface area contributed by atoms with Crippen LogP contribution in [0.2, 0.25) is 0 Å². The first-order chi connectivity index (χ1) is 12.0. The summed E-state index contributed by atoms with van der Waals surface area (Å²) in [5, 5.41) is 17.6. The molecule has 1 saturated carbocycles. The normalized spacial score (nSPS) is 36.3. The van der Waals surface area contributed by atoms with Gasteiger partial charge in [0.1, 0.15) is 0 Å². The summed E-state index contributed by atoms with van der Waals surface area (Å²) < 4.78 is -2.11. The zero-order valence-corrected chi connectivity index (χ0v) is 18.1. The number of carbonyl (C=O) groups is 2. The Bertz CT molecular complexity index is 614. The van der Waals surface area contributed by atoms with Crippen molar-refractivity contribution in [3.05, 3.63) is 10.1 Å². The first-order valence-corrected chi connectivity index (χ1v) is 10.5. The topological polar surface area (TPSA) is 74.6 Å². The fourth-order valence-corrected chi connectivity index (χ4v) is 6.44. The van der Waals surface area contributed by atoms with Crippen LogP contribution in [0.15, 0.2) is 10.1 Å². The Kier molecular flexibility index (Phi) is 7.36. The maximum Gasteiger partial charge on any atom is 0.309 e. The molecule has 2 aliphatic rings. The van der Waals surface area contributed by atoms with E-state index in [0.29, 0.717) is 12.8 Å². The Morgan fingerprint density at radius 3 is 1.85 bits per heavy atom. The number of aliphatic carboxylic acids is 2. The number of halogens is 6. The van der Waals surface area contributed by atoms with Gasteiger partial charge in [0.15, 0.2) is 4.33 Å². The van der Waals surface area contributed by atoms with E-state index in [0.717, 1.165) is 25.7 Å². The standard InChI is InChI=1S/C16H18Cl6O4/c17-10-8(13(23)24)9(14(25)26)15(20,7-5-3-1-2-4-6-7)16(21,22)12(19)11(10)18/h7-10H,1-6H2,(H,23,24)(H,25,26). The highest BCUT2D eigenvalue weighted by Gasteiger charge is 2.67. The molecule has 0 heterocycles. The van der Waals surface area contributed by atoms with Gasteiger partial charge in [-0.3, -0.25) is 9.59 Å². The summed E-state index contributed by atoms with van der Waals surface area (Å²) in [4.78, 5) is 22.2. The largest absolute Gasteiger partial charge is 0.481 e. The molecule has 2 aliphatic carbocycles. The second kappa shape index (κ2) is 8.42. The van der Waals surface area contributed by atoms with Crippen molar-refractivity contribution in [2.45, 2.75) is 53.1 Å². The van der Waals surface area contributed by atoms with Crippen LogP contribution in [0.3, 0.4) is 0 Å². The van der Waals surface area contributed by atoms with Gasteiger partial charge >= 0.3 is 11.9 Å². The van der Waals surface area contributed by atoms with Crippen molar-refractivity contribution in [2.75, 3.05) is 0 Å². The van der Waals surface area contributed by atoms with E-state index in [2.05, 4.69) is 0 Å². The van der Waals surface area contributed by atoms with Gasteiger partial charge in [0.25, 0.3) is 0 Å². The molecule has 0 radical (unpaired) electrons. The maximum atomic E-state index is 12.2. The van der Waals surface area contributed by atoms with E-state index in [9.17, 15) is 19.8 Å². The van der Waals surface area contributed by atoms with E-state index in [4.69, 9.17) is 69.6 Å². The smallest absolute Gasteiger partial charge is 0.309 e. The van der Waals surface area contributed by atoms with E-state index in [1.54, 1.807) is 0 Å². The lowest BCUT2D eigenvalue weighted by atomic mass is 9.70. The quantitative estimate of drug-likeness (QED) is 0.389. The number of allylic oxidation sites excluding steroid dienone is 2.